The summed E-state index contributed by atoms with van der Waals surface area (Å²) in [6.45, 7) is 6.14. The van der Waals surface area contributed by atoms with Crippen LogP contribution < -0.4 is 0 Å². The number of rotatable bonds is 4. The van der Waals surface area contributed by atoms with Crippen molar-refractivity contribution in [3.05, 3.63) is 35.7 Å². The normalized spacial score (nSPS) is 12.6. The van der Waals surface area contributed by atoms with E-state index in [1.165, 1.54) is 6.07 Å². The maximum Gasteiger partial charge on any atom is 0.336 e. The first-order chi connectivity index (χ1) is 9.00. The van der Waals surface area contributed by atoms with Gasteiger partial charge < -0.3 is 9.52 Å². The van der Waals surface area contributed by atoms with Crippen molar-refractivity contribution < 1.29 is 14.3 Å². The van der Waals surface area contributed by atoms with E-state index in [0.717, 1.165) is 0 Å². The standard InChI is InChI=1S/C14H16N2O3/c1-8(2)9(3)12-15-16-13(19-12)10-6-4-5-7-11(10)14(17)18/h4-9H,1-3H3,(H,17,18). The molecule has 1 N–H and O–H groups in total. The van der Waals surface area contributed by atoms with Gasteiger partial charge >= 0.3 is 5.97 Å². The van der Waals surface area contributed by atoms with Gasteiger partial charge in [0.25, 0.3) is 0 Å². The molecule has 0 bridgehead atoms. The van der Waals surface area contributed by atoms with E-state index in [0.29, 0.717) is 17.4 Å². The Balaban J connectivity index is 2.41. The summed E-state index contributed by atoms with van der Waals surface area (Å²) >= 11 is 0. The van der Waals surface area contributed by atoms with Crippen LogP contribution in [-0.4, -0.2) is 21.3 Å². The molecule has 0 amide bonds. The number of aromatic carboxylic acids is 1. The summed E-state index contributed by atoms with van der Waals surface area (Å²) in [5, 5.41) is 17.1. The van der Waals surface area contributed by atoms with Crippen LogP contribution in [0.15, 0.2) is 28.7 Å². The Kier molecular flexibility index (Phi) is 3.64. The van der Waals surface area contributed by atoms with Crippen molar-refractivity contribution in [3.63, 3.8) is 0 Å². The zero-order chi connectivity index (χ0) is 14.0. The van der Waals surface area contributed by atoms with E-state index in [9.17, 15) is 4.79 Å². The molecule has 0 radical (unpaired) electrons. The fourth-order valence-electron chi connectivity index (χ4n) is 1.67. The lowest BCUT2D eigenvalue weighted by Gasteiger charge is -2.09. The Morgan fingerprint density at radius 2 is 1.89 bits per heavy atom. The highest BCUT2D eigenvalue weighted by atomic mass is 16.4. The molecule has 0 saturated carbocycles. The second-order valence-corrected chi connectivity index (χ2v) is 4.83. The average molecular weight is 260 g/mol. The minimum atomic E-state index is -1.01. The van der Waals surface area contributed by atoms with Crippen LogP contribution in [0.4, 0.5) is 0 Å². The molecule has 5 nitrogen and oxygen atoms in total. The largest absolute Gasteiger partial charge is 0.478 e. The second kappa shape index (κ2) is 5.22. The fourth-order valence-corrected chi connectivity index (χ4v) is 1.67. The van der Waals surface area contributed by atoms with Gasteiger partial charge in [0.15, 0.2) is 0 Å². The summed E-state index contributed by atoms with van der Waals surface area (Å²) in [5.74, 6) is 0.291. The molecule has 0 saturated heterocycles. The van der Waals surface area contributed by atoms with Crippen molar-refractivity contribution in [2.75, 3.05) is 0 Å². The van der Waals surface area contributed by atoms with Gasteiger partial charge in [-0.1, -0.05) is 32.9 Å². The van der Waals surface area contributed by atoms with E-state index < -0.39 is 5.97 Å². The van der Waals surface area contributed by atoms with Gasteiger partial charge in [-0.25, -0.2) is 4.79 Å². The summed E-state index contributed by atoms with van der Waals surface area (Å²) in [5.41, 5.74) is 0.611. The van der Waals surface area contributed by atoms with Crippen LogP contribution in [0, 0.1) is 5.92 Å². The van der Waals surface area contributed by atoms with E-state index in [1.807, 2.05) is 6.92 Å². The van der Waals surface area contributed by atoms with Gasteiger partial charge in [-0.05, 0) is 18.1 Å². The Hall–Kier alpha value is -2.17. The zero-order valence-corrected chi connectivity index (χ0v) is 11.1. The predicted molar refractivity (Wildman–Crippen MR) is 69.9 cm³/mol. The first-order valence-electron chi connectivity index (χ1n) is 6.16. The molecule has 0 spiro atoms. The van der Waals surface area contributed by atoms with Gasteiger partial charge in [-0.15, -0.1) is 10.2 Å². The molecule has 0 aliphatic carbocycles. The van der Waals surface area contributed by atoms with Crippen LogP contribution in [0.5, 0.6) is 0 Å². The van der Waals surface area contributed by atoms with Crippen molar-refractivity contribution in [2.24, 2.45) is 5.92 Å². The third-order valence-corrected chi connectivity index (χ3v) is 3.22. The lowest BCUT2D eigenvalue weighted by Crippen LogP contribution is -2.02. The summed E-state index contributed by atoms with van der Waals surface area (Å²) in [4.78, 5) is 11.2. The van der Waals surface area contributed by atoms with Gasteiger partial charge in [-0.3, -0.25) is 0 Å². The average Bonchev–Trinajstić information content (AvgIpc) is 2.87. The summed E-state index contributed by atoms with van der Waals surface area (Å²) < 4.78 is 5.60. The maximum atomic E-state index is 11.2. The molecule has 1 heterocycles. The van der Waals surface area contributed by atoms with Crippen molar-refractivity contribution in [3.8, 4) is 11.5 Å². The number of carboxylic acids is 1. The number of carbonyl (C=O) groups is 1. The van der Waals surface area contributed by atoms with Crippen LogP contribution in [0.2, 0.25) is 0 Å². The molecule has 19 heavy (non-hydrogen) atoms. The smallest absolute Gasteiger partial charge is 0.336 e. The van der Waals surface area contributed by atoms with E-state index in [2.05, 4.69) is 24.0 Å². The third kappa shape index (κ3) is 2.65. The van der Waals surface area contributed by atoms with Crippen molar-refractivity contribution in [1.82, 2.24) is 10.2 Å². The van der Waals surface area contributed by atoms with Gasteiger partial charge in [0, 0.05) is 5.92 Å². The molecule has 1 aromatic heterocycles. The quantitative estimate of drug-likeness (QED) is 0.913. The highest BCUT2D eigenvalue weighted by Crippen LogP contribution is 2.27. The van der Waals surface area contributed by atoms with E-state index in [4.69, 9.17) is 9.52 Å². The van der Waals surface area contributed by atoms with Crippen molar-refractivity contribution in [2.45, 2.75) is 26.7 Å². The third-order valence-electron chi connectivity index (χ3n) is 3.22. The fraction of sp³-hybridized carbons (Fsp3) is 0.357. The van der Waals surface area contributed by atoms with Crippen molar-refractivity contribution >= 4 is 5.97 Å². The zero-order valence-electron chi connectivity index (χ0n) is 11.1. The highest BCUT2D eigenvalue weighted by molar-refractivity contribution is 5.94. The second-order valence-electron chi connectivity index (χ2n) is 4.83. The number of hydrogen-bond donors (Lipinski definition) is 1. The number of carboxylic acid groups (broad SMARTS) is 1. The predicted octanol–water partition coefficient (Wildman–Crippen LogP) is 3.19. The number of aromatic nitrogens is 2. The van der Waals surface area contributed by atoms with Crippen LogP contribution in [0.1, 0.15) is 42.9 Å². The minimum absolute atomic E-state index is 0.137. The summed E-state index contributed by atoms with van der Waals surface area (Å²) in [7, 11) is 0. The number of nitrogens with zero attached hydrogens (tertiary/aromatic N) is 2. The first kappa shape index (κ1) is 13.3. The topological polar surface area (TPSA) is 76.2 Å². The van der Waals surface area contributed by atoms with Crippen LogP contribution >= 0.6 is 0 Å². The maximum absolute atomic E-state index is 11.2. The molecule has 5 heteroatoms. The highest BCUT2D eigenvalue weighted by Gasteiger charge is 2.20. The molecule has 1 aromatic carbocycles. The molecule has 0 aliphatic heterocycles. The van der Waals surface area contributed by atoms with Crippen molar-refractivity contribution in [1.29, 1.82) is 0 Å². The molecule has 0 fully saturated rings. The minimum Gasteiger partial charge on any atom is -0.478 e. The number of benzene rings is 1. The molecular formula is C14H16N2O3. The molecule has 1 atom stereocenters. The van der Waals surface area contributed by atoms with Crippen LogP contribution in [0.25, 0.3) is 11.5 Å². The van der Waals surface area contributed by atoms with Gasteiger partial charge in [0.05, 0.1) is 11.1 Å². The Morgan fingerprint density at radius 3 is 2.53 bits per heavy atom. The Labute approximate surface area is 111 Å². The number of hydrogen-bond acceptors (Lipinski definition) is 4. The van der Waals surface area contributed by atoms with Gasteiger partial charge in [0.1, 0.15) is 0 Å². The lowest BCUT2D eigenvalue weighted by molar-refractivity contribution is 0.0697. The Bertz CT molecular complexity index is 590. The molecule has 2 aromatic rings. The summed E-state index contributed by atoms with van der Waals surface area (Å²) in [6.07, 6.45) is 0. The van der Waals surface area contributed by atoms with Crippen LogP contribution in [0.3, 0.4) is 0 Å². The van der Waals surface area contributed by atoms with Gasteiger partial charge in [-0.2, -0.15) is 0 Å². The van der Waals surface area contributed by atoms with E-state index in [-0.39, 0.29) is 17.4 Å². The molecule has 1 unspecified atom stereocenters. The van der Waals surface area contributed by atoms with E-state index in [1.54, 1.807) is 18.2 Å². The first-order valence-corrected chi connectivity index (χ1v) is 6.16. The van der Waals surface area contributed by atoms with Crippen LogP contribution in [-0.2, 0) is 0 Å². The summed E-state index contributed by atoms with van der Waals surface area (Å²) in [6, 6.07) is 6.60. The SMILES string of the molecule is CC(C)C(C)c1nnc(-c2ccccc2C(=O)O)o1. The molecular weight excluding hydrogens is 244 g/mol. The van der Waals surface area contributed by atoms with Gasteiger partial charge in [0.2, 0.25) is 11.8 Å². The molecule has 0 aliphatic rings. The molecule has 2 rings (SSSR count). The monoisotopic (exact) mass is 260 g/mol. The molecule has 100 valence electrons. The Morgan fingerprint density at radius 1 is 1.21 bits per heavy atom. The van der Waals surface area contributed by atoms with E-state index >= 15 is 0 Å². The lowest BCUT2D eigenvalue weighted by atomic mass is 9.98.